The molecule has 1 heterocycles. The van der Waals surface area contributed by atoms with Crippen LogP contribution in [0.4, 0.5) is 0 Å². The van der Waals surface area contributed by atoms with Crippen molar-refractivity contribution in [2.75, 3.05) is 0 Å². The van der Waals surface area contributed by atoms with E-state index in [2.05, 4.69) is 17.1 Å². The molecule has 0 fully saturated rings. The minimum atomic E-state index is -0.331. The quantitative estimate of drug-likeness (QED) is 0.677. The Balaban J connectivity index is 1.65. The molecule has 0 N–H and O–H groups in total. The average molecular weight is 306 g/mol. The predicted molar refractivity (Wildman–Crippen MR) is 88.1 cm³/mol. The molecule has 0 spiro atoms. The van der Waals surface area contributed by atoms with Crippen molar-refractivity contribution in [3.05, 3.63) is 89.5 Å². The van der Waals surface area contributed by atoms with Crippen molar-refractivity contribution in [2.24, 2.45) is 0 Å². The van der Waals surface area contributed by atoms with Crippen LogP contribution < -0.4 is 0 Å². The van der Waals surface area contributed by atoms with Crippen molar-refractivity contribution in [3.63, 3.8) is 0 Å². The van der Waals surface area contributed by atoms with Crippen LogP contribution in [0.15, 0.2) is 67.0 Å². The molecular formula is C19H18N2O2. The third kappa shape index (κ3) is 3.86. The number of hydrogen-bond acceptors (Lipinski definition) is 3. The lowest BCUT2D eigenvalue weighted by molar-refractivity contribution is 0.0458. The van der Waals surface area contributed by atoms with Crippen LogP contribution in [-0.4, -0.2) is 15.5 Å². The number of aromatic nitrogens is 2. The van der Waals surface area contributed by atoms with Gasteiger partial charge in [-0.05, 0) is 24.6 Å². The molecule has 3 rings (SSSR count). The lowest BCUT2D eigenvalue weighted by atomic mass is 10.1. The Hall–Kier alpha value is -2.88. The van der Waals surface area contributed by atoms with E-state index in [1.165, 1.54) is 5.56 Å². The largest absolute Gasteiger partial charge is 0.454 e. The first-order valence-electron chi connectivity index (χ1n) is 7.50. The number of hydrogen-bond donors (Lipinski definition) is 0. The molecule has 0 unspecified atom stereocenters. The SMILES string of the molecule is Cc1cccc(C(=O)OCc2nccn2Cc2ccccc2)c1. The highest BCUT2D eigenvalue weighted by Gasteiger charge is 2.10. The molecule has 0 radical (unpaired) electrons. The van der Waals surface area contributed by atoms with Gasteiger partial charge in [0.2, 0.25) is 0 Å². The molecule has 0 amide bonds. The van der Waals surface area contributed by atoms with Crippen LogP contribution in [0.1, 0.15) is 27.3 Å². The highest BCUT2D eigenvalue weighted by atomic mass is 16.5. The van der Waals surface area contributed by atoms with Crippen LogP contribution in [0.3, 0.4) is 0 Å². The second-order valence-electron chi connectivity index (χ2n) is 5.40. The van der Waals surface area contributed by atoms with E-state index in [1.54, 1.807) is 12.3 Å². The Bertz CT molecular complexity index is 794. The summed E-state index contributed by atoms with van der Waals surface area (Å²) in [6.45, 7) is 2.81. The van der Waals surface area contributed by atoms with Crippen LogP contribution in [-0.2, 0) is 17.9 Å². The minimum Gasteiger partial charge on any atom is -0.454 e. The van der Waals surface area contributed by atoms with E-state index < -0.39 is 0 Å². The van der Waals surface area contributed by atoms with E-state index in [-0.39, 0.29) is 12.6 Å². The van der Waals surface area contributed by atoms with Crippen LogP contribution in [0, 0.1) is 6.92 Å². The molecule has 0 atom stereocenters. The lowest BCUT2D eigenvalue weighted by Crippen LogP contribution is -2.10. The molecule has 4 heteroatoms. The monoisotopic (exact) mass is 306 g/mol. The van der Waals surface area contributed by atoms with E-state index >= 15 is 0 Å². The fraction of sp³-hybridized carbons (Fsp3) is 0.158. The van der Waals surface area contributed by atoms with E-state index in [9.17, 15) is 4.79 Å². The van der Waals surface area contributed by atoms with Gasteiger partial charge in [0, 0.05) is 18.9 Å². The van der Waals surface area contributed by atoms with Crippen LogP contribution in [0.5, 0.6) is 0 Å². The molecule has 0 aliphatic rings. The van der Waals surface area contributed by atoms with Crippen molar-refractivity contribution < 1.29 is 9.53 Å². The van der Waals surface area contributed by atoms with E-state index in [0.717, 1.165) is 11.4 Å². The number of carbonyl (C=O) groups is 1. The first-order valence-corrected chi connectivity index (χ1v) is 7.50. The zero-order valence-corrected chi connectivity index (χ0v) is 13.0. The third-order valence-electron chi connectivity index (χ3n) is 3.58. The van der Waals surface area contributed by atoms with Crippen LogP contribution in [0.2, 0.25) is 0 Å². The van der Waals surface area contributed by atoms with Crippen LogP contribution in [0.25, 0.3) is 0 Å². The third-order valence-corrected chi connectivity index (χ3v) is 3.58. The van der Waals surface area contributed by atoms with Gasteiger partial charge in [-0.2, -0.15) is 0 Å². The molecule has 23 heavy (non-hydrogen) atoms. The highest BCUT2D eigenvalue weighted by Crippen LogP contribution is 2.09. The lowest BCUT2D eigenvalue weighted by Gasteiger charge is -2.09. The Kier molecular flexibility index (Phi) is 4.52. The molecule has 116 valence electrons. The van der Waals surface area contributed by atoms with Gasteiger partial charge in [0.25, 0.3) is 0 Å². The Morgan fingerprint density at radius 1 is 1.13 bits per heavy atom. The molecule has 0 aliphatic heterocycles. The maximum absolute atomic E-state index is 12.1. The molecule has 0 saturated carbocycles. The molecular weight excluding hydrogens is 288 g/mol. The summed E-state index contributed by atoms with van der Waals surface area (Å²) in [6, 6.07) is 17.5. The summed E-state index contributed by atoms with van der Waals surface area (Å²) in [4.78, 5) is 16.4. The summed E-state index contributed by atoms with van der Waals surface area (Å²) in [5.41, 5.74) is 2.77. The van der Waals surface area contributed by atoms with Gasteiger partial charge in [0.15, 0.2) is 0 Å². The van der Waals surface area contributed by atoms with Gasteiger partial charge in [0.05, 0.1) is 5.56 Å². The summed E-state index contributed by atoms with van der Waals surface area (Å²) in [6.07, 6.45) is 3.61. The van der Waals surface area contributed by atoms with Crippen LogP contribution >= 0.6 is 0 Å². The molecule has 4 nitrogen and oxygen atoms in total. The van der Waals surface area contributed by atoms with E-state index in [4.69, 9.17) is 4.74 Å². The summed E-state index contributed by atoms with van der Waals surface area (Å²) in [7, 11) is 0. The normalized spacial score (nSPS) is 10.5. The maximum atomic E-state index is 12.1. The van der Waals surface area contributed by atoms with Gasteiger partial charge >= 0.3 is 5.97 Å². The minimum absolute atomic E-state index is 0.159. The van der Waals surface area contributed by atoms with Crippen molar-refractivity contribution in [1.29, 1.82) is 0 Å². The van der Waals surface area contributed by atoms with E-state index in [1.807, 2.05) is 54.1 Å². The molecule has 3 aromatic rings. The molecule has 0 bridgehead atoms. The second-order valence-corrected chi connectivity index (χ2v) is 5.40. The van der Waals surface area contributed by atoms with Gasteiger partial charge in [0.1, 0.15) is 12.4 Å². The summed E-state index contributed by atoms with van der Waals surface area (Å²) in [5.74, 6) is 0.401. The standard InChI is InChI=1S/C19H18N2O2/c1-15-6-5-9-17(12-15)19(22)23-14-18-20-10-11-21(18)13-16-7-3-2-4-8-16/h2-12H,13-14H2,1H3. The number of rotatable bonds is 5. The molecule has 0 saturated heterocycles. The number of imidazole rings is 1. The van der Waals surface area contributed by atoms with E-state index in [0.29, 0.717) is 12.1 Å². The fourth-order valence-corrected chi connectivity index (χ4v) is 2.39. The Morgan fingerprint density at radius 3 is 2.74 bits per heavy atom. The van der Waals surface area contributed by atoms with Gasteiger partial charge in [-0.15, -0.1) is 0 Å². The average Bonchev–Trinajstić information content (AvgIpc) is 3.00. The highest BCUT2D eigenvalue weighted by molar-refractivity contribution is 5.89. The second kappa shape index (κ2) is 6.92. The van der Waals surface area contributed by atoms with Crippen molar-refractivity contribution in [2.45, 2.75) is 20.1 Å². The Morgan fingerprint density at radius 2 is 1.96 bits per heavy atom. The zero-order chi connectivity index (χ0) is 16.1. The topological polar surface area (TPSA) is 44.1 Å². The first kappa shape index (κ1) is 15.0. The smallest absolute Gasteiger partial charge is 0.338 e. The van der Waals surface area contributed by atoms with Gasteiger partial charge < -0.3 is 9.30 Å². The summed E-state index contributed by atoms with van der Waals surface area (Å²) in [5, 5.41) is 0. The molecule has 2 aromatic carbocycles. The number of benzene rings is 2. The maximum Gasteiger partial charge on any atom is 0.338 e. The predicted octanol–water partition coefficient (Wildman–Crippen LogP) is 3.60. The molecule has 1 aromatic heterocycles. The molecule has 0 aliphatic carbocycles. The number of carbonyl (C=O) groups excluding carboxylic acids is 1. The van der Waals surface area contributed by atoms with Gasteiger partial charge in [-0.3, -0.25) is 0 Å². The first-order chi connectivity index (χ1) is 11.2. The van der Waals surface area contributed by atoms with Gasteiger partial charge in [-0.25, -0.2) is 9.78 Å². The number of nitrogens with zero attached hydrogens (tertiary/aromatic N) is 2. The zero-order valence-electron chi connectivity index (χ0n) is 13.0. The number of aryl methyl sites for hydroxylation is 1. The van der Waals surface area contributed by atoms with Crippen molar-refractivity contribution in [3.8, 4) is 0 Å². The van der Waals surface area contributed by atoms with Gasteiger partial charge in [-0.1, -0.05) is 48.0 Å². The van der Waals surface area contributed by atoms with Crippen molar-refractivity contribution >= 4 is 5.97 Å². The number of esters is 1. The number of ether oxygens (including phenoxy) is 1. The van der Waals surface area contributed by atoms with Crippen molar-refractivity contribution in [1.82, 2.24) is 9.55 Å². The fourth-order valence-electron chi connectivity index (χ4n) is 2.39. The summed E-state index contributed by atoms with van der Waals surface area (Å²) >= 11 is 0. The Labute approximate surface area is 135 Å². The summed E-state index contributed by atoms with van der Waals surface area (Å²) < 4.78 is 7.37.